The lowest BCUT2D eigenvalue weighted by Crippen LogP contribution is -2.36. The number of ether oxygens (including phenoxy) is 1. The highest BCUT2D eigenvalue weighted by Crippen LogP contribution is 2.30. The van der Waals surface area contributed by atoms with Crippen molar-refractivity contribution in [3.8, 4) is 5.75 Å². The SMILES string of the molecule is CCCCOc1ccc(C(=O)N(CCN(C)C)c2nc3ccc(F)cc3s2)cc1.Cl. The summed E-state index contributed by atoms with van der Waals surface area (Å²) in [5, 5.41) is 0.570. The number of carbonyl (C=O) groups excluding carboxylic acids is 1. The van der Waals surface area contributed by atoms with Crippen molar-refractivity contribution >= 4 is 45.0 Å². The fourth-order valence-electron chi connectivity index (χ4n) is 2.77. The van der Waals surface area contributed by atoms with Gasteiger partial charge < -0.3 is 9.64 Å². The minimum absolute atomic E-state index is 0. The van der Waals surface area contributed by atoms with Crippen LogP contribution in [0.1, 0.15) is 30.1 Å². The van der Waals surface area contributed by atoms with Gasteiger partial charge in [0.1, 0.15) is 11.6 Å². The Hall–Kier alpha value is -2.22. The number of halogens is 2. The zero-order valence-corrected chi connectivity index (χ0v) is 19.1. The lowest BCUT2D eigenvalue weighted by molar-refractivity contribution is 0.0985. The van der Waals surface area contributed by atoms with Crippen molar-refractivity contribution in [3.63, 3.8) is 0 Å². The quantitative estimate of drug-likeness (QED) is 0.417. The Balaban J connectivity index is 0.00000320. The Kier molecular flexibility index (Phi) is 9.02. The first kappa shape index (κ1) is 24.1. The Labute approximate surface area is 186 Å². The van der Waals surface area contributed by atoms with Crippen LogP contribution in [0.5, 0.6) is 5.75 Å². The molecule has 3 rings (SSSR count). The molecule has 0 saturated heterocycles. The van der Waals surface area contributed by atoms with Gasteiger partial charge in [0.05, 0.1) is 16.8 Å². The Bertz CT molecular complexity index is 963. The van der Waals surface area contributed by atoms with E-state index in [1.165, 1.54) is 23.5 Å². The summed E-state index contributed by atoms with van der Waals surface area (Å²) in [6.45, 7) is 3.96. The molecule has 0 aliphatic carbocycles. The molecular weight excluding hydrogens is 425 g/mol. The summed E-state index contributed by atoms with van der Waals surface area (Å²) in [5.74, 6) is 0.314. The first-order valence-electron chi connectivity index (χ1n) is 9.73. The third-order valence-electron chi connectivity index (χ3n) is 4.45. The molecule has 0 atom stereocenters. The van der Waals surface area contributed by atoms with E-state index in [0.29, 0.717) is 35.9 Å². The van der Waals surface area contributed by atoms with Crippen molar-refractivity contribution in [1.82, 2.24) is 9.88 Å². The molecule has 8 heteroatoms. The maximum atomic E-state index is 13.6. The van der Waals surface area contributed by atoms with Gasteiger partial charge in [-0.05, 0) is 63.0 Å². The first-order chi connectivity index (χ1) is 14.0. The van der Waals surface area contributed by atoms with Crippen LogP contribution in [0.3, 0.4) is 0 Å². The van der Waals surface area contributed by atoms with Crippen LogP contribution in [-0.2, 0) is 0 Å². The van der Waals surface area contributed by atoms with E-state index in [9.17, 15) is 9.18 Å². The predicted molar refractivity (Wildman–Crippen MR) is 124 cm³/mol. The topological polar surface area (TPSA) is 45.7 Å². The molecule has 0 spiro atoms. The molecule has 30 heavy (non-hydrogen) atoms. The van der Waals surface area contributed by atoms with Gasteiger partial charge in [-0.3, -0.25) is 9.69 Å². The lowest BCUT2D eigenvalue weighted by Gasteiger charge is -2.22. The third kappa shape index (κ3) is 6.14. The van der Waals surface area contributed by atoms with E-state index in [0.717, 1.165) is 23.3 Å². The number of aromatic nitrogens is 1. The fraction of sp³-hybridized carbons (Fsp3) is 0.364. The fourth-order valence-corrected chi connectivity index (χ4v) is 3.78. The normalized spacial score (nSPS) is 10.8. The van der Waals surface area contributed by atoms with Crippen LogP contribution in [0.25, 0.3) is 10.2 Å². The number of rotatable bonds is 9. The standard InChI is InChI=1S/C22H26FN3O2S.ClH/c1-4-5-14-28-18-9-6-16(7-10-18)21(27)26(13-12-25(2)3)22-24-19-11-8-17(23)15-20(19)29-22;/h6-11,15H,4-5,12-14H2,1-3H3;1H. The Morgan fingerprint density at radius 1 is 1.13 bits per heavy atom. The summed E-state index contributed by atoms with van der Waals surface area (Å²) in [4.78, 5) is 21.5. The van der Waals surface area contributed by atoms with Gasteiger partial charge >= 0.3 is 0 Å². The molecule has 0 bridgehead atoms. The van der Waals surface area contributed by atoms with Crippen LogP contribution >= 0.6 is 23.7 Å². The second kappa shape index (κ2) is 11.2. The largest absolute Gasteiger partial charge is 0.494 e. The van der Waals surface area contributed by atoms with Gasteiger partial charge in [-0.2, -0.15) is 0 Å². The van der Waals surface area contributed by atoms with Gasteiger partial charge in [0.15, 0.2) is 5.13 Å². The van der Waals surface area contributed by atoms with Crippen molar-refractivity contribution in [2.24, 2.45) is 0 Å². The average molecular weight is 452 g/mol. The predicted octanol–water partition coefficient (Wildman–Crippen LogP) is 5.24. The van der Waals surface area contributed by atoms with Crippen LogP contribution < -0.4 is 9.64 Å². The van der Waals surface area contributed by atoms with Crippen LogP contribution in [-0.4, -0.2) is 49.6 Å². The highest BCUT2D eigenvalue weighted by molar-refractivity contribution is 7.22. The van der Waals surface area contributed by atoms with Crippen LogP contribution in [0.15, 0.2) is 42.5 Å². The minimum atomic E-state index is -0.308. The van der Waals surface area contributed by atoms with E-state index >= 15 is 0 Å². The number of hydrogen-bond acceptors (Lipinski definition) is 5. The molecule has 0 N–H and O–H groups in total. The number of amides is 1. The molecule has 0 radical (unpaired) electrons. The summed E-state index contributed by atoms with van der Waals surface area (Å²) in [6, 6.07) is 11.7. The molecule has 1 amide bonds. The number of hydrogen-bond donors (Lipinski definition) is 0. The van der Waals surface area contributed by atoms with E-state index in [1.54, 1.807) is 23.1 Å². The monoisotopic (exact) mass is 451 g/mol. The molecular formula is C22H27ClFN3O2S. The lowest BCUT2D eigenvalue weighted by atomic mass is 10.2. The van der Waals surface area contributed by atoms with Crippen molar-refractivity contribution in [3.05, 3.63) is 53.8 Å². The smallest absolute Gasteiger partial charge is 0.260 e. The molecule has 0 aliphatic rings. The number of carbonyl (C=O) groups is 1. The van der Waals surface area contributed by atoms with E-state index in [1.807, 2.05) is 31.1 Å². The molecule has 5 nitrogen and oxygen atoms in total. The summed E-state index contributed by atoms with van der Waals surface area (Å²) >= 11 is 1.32. The van der Waals surface area contributed by atoms with Gasteiger partial charge in [0, 0.05) is 18.7 Å². The van der Waals surface area contributed by atoms with Gasteiger partial charge in [-0.25, -0.2) is 9.37 Å². The molecule has 0 fully saturated rings. The minimum Gasteiger partial charge on any atom is -0.494 e. The number of nitrogens with zero attached hydrogens (tertiary/aromatic N) is 3. The summed E-state index contributed by atoms with van der Waals surface area (Å²) in [7, 11) is 3.91. The van der Waals surface area contributed by atoms with Crippen molar-refractivity contribution in [2.45, 2.75) is 19.8 Å². The summed E-state index contributed by atoms with van der Waals surface area (Å²) in [6.07, 6.45) is 2.07. The molecule has 0 saturated carbocycles. The summed E-state index contributed by atoms with van der Waals surface area (Å²) in [5.41, 5.74) is 1.26. The highest BCUT2D eigenvalue weighted by atomic mass is 35.5. The van der Waals surface area contributed by atoms with Crippen molar-refractivity contribution < 1.29 is 13.9 Å². The summed E-state index contributed by atoms with van der Waals surface area (Å²) < 4.78 is 20.0. The van der Waals surface area contributed by atoms with Gasteiger partial charge in [0.25, 0.3) is 5.91 Å². The first-order valence-corrected chi connectivity index (χ1v) is 10.5. The van der Waals surface area contributed by atoms with Crippen LogP contribution in [0.4, 0.5) is 9.52 Å². The van der Waals surface area contributed by atoms with E-state index in [-0.39, 0.29) is 24.1 Å². The second-order valence-corrected chi connectivity index (χ2v) is 8.10. The number of unbranched alkanes of at least 4 members (excludes halogenated alkanes) is 1. The van der Waals surface area contributed by atoms with E-state index < -0.39 is 0 Å². The zero-order valence-electron chi connectivity index (χ0n) is 17.4. The maximum absolute atomic E-state index is 13.6. The molecule has 2 aromatic carbocycles. The number of thiazole rings is 1. The Morgan fingerprint density at radius 2 is 1.87 bits per heavy atom. The molecule has 0 aliphatic heterocycles. The maximum Gasteiger partial charge on any atom is 0.260 e. The van der Waals surface area contributed by atoms with E-state index in [2.05, 4.69) is 11.9 Å². The number of anilines is 1. The molecule has 162 valence electrons. The molecule has 3 aromatic rings. The van der Waals surface area contributed by atoms with Gasteiger partial charge in [-0.1, -0.05) is 24.7 Å². The van der Waals surface area contributed by atoms with Crippen molar-refractivity contribution in [2.75, 3.05) is 38.7 Å². The Morgan fingerprint density at radius 3 is 2.53 bits per heavy atom. The highest BCUT2D eigenvalue weighted by Gasteiger charge is 2.21. The molecule has 0 unspecified atom stereocenters. The van der Waals surface area contributed by atoms with Crippen LogP contribution in [0, 0.1) is 5.82 Å². The third-order valence-corrected chi connectivity index (χ3v) is 5.50. The average Bonchev–Trinajstić information content (AvgIpc) is 3.11. The second-order valence-electron chi connectivity index (χ2n) is 7.09. The van der Waals surface area contributed by atoms with Gasteiger partial charge in [0.2, 0.25) is 0 Å². The number of likely N-dealkylation sites (N-methyl/N-ethyl adjacent to an activating group) is 1. The number of fused-ring (bicyclic) bond motifs is 1. The van der Waals surface area contributed by atoms with Crippen LogP contribution in [0.2, 0.25) is 0 Å². The van der Waals surface area contributed by atoms with Crippen molar-refractivity contribution in [1.29, 1.82) is 0 Å². The zero-order chi connectivity index (χ0) is 20.8. The number of benzene rings is 2. The van der Waals surface area contributed by atoms with Gasteiger partial charge in [-0.15, -0.1) is 12.4 Å². The molecule has 1 aromatic heterocycles. The van der Waals surface area contributed by atoms with E-state index in [4.69, 9.17) is 4.74 Å². The molecule has 1 heterocycles.